The Hall–Kier alpha value is -3.86. The van der Waals surface area contributed by atoms with Crippen LogP contribution in [0.25, 0.3) is 5.69 Å². The minimum absolute atomic E-state index is 0.215. The molecule has 0 bridgehead atoms. The number of para-hydroxylation sites is 1. The Kier molecular flexibility index (Phi) is 5.15. The van der Waals surface area contributed by atoms with Gasteiger partial charge in [-0.25, -0.2) is 4.68 Å². The largest absolute Gasteiger partial charge is 0.489 e. The molecule has 3 aromatic carbocycles. The van der Waals surface area contributed by atoms with E-state index < -0.39 is 0 Å². The van der Waals surface area contributed by atoms with E-state index >= 15 is 0 Å². The van der Waals surface area contributed by atoms with Crippen molar-refractivity contribution in [3.8, 4) is 11.4 Å². The maximum absolute atomic E-state index is 12.4. The second-order valence-electron chi connectivity index (χ2n) is 6.23. The van der Waals surface area contributed by atoms with Crippen LogP contribution in [0.2, 0.25) is 0 Å². The van der Waals surface area contributed by atoms with E-state index in [-0.39, 0.29) is 5.91 Å². The number of hydrogen-bond donors (Lipinski definition) is 1. The van der Waals surface area contributed by atoms with Crippen molar-refractivity contribution in [3.63, 3.8) is 0 Å². The van der Waals surface area contributed by atoms with E-state index in [4.69, 9.17) is 4.74 Å². The van der Waals surface area contributed by atoms with Gasteiger partial charge in [-0.05, 0) is 42.0 Å². The summed E-state index contributed by atoms with van der Waals surface area (Å²) < 4.78 is 7.47. The third-order valence-corrected chi connectivity index (χ3v) is 4.22. The third-order valence-electron chi connectivity index (χ3n) is 4.22. The first-order valence-electron chi connectivity index (χ1n) is 8.97. The molecular weight excluding hydrogens is 350 g/mol. The zero-order chi connectivity index (χ0) is 19.2. The number of benzene rings is 3. The van der Waals surface area contributed by atoms with Crippen LogP contribution in [-0.2, 0) is 6.61 Å². The monoisotopic (exact) mass is 369 g/mol. The van der Waals surface area contributed by atoms with E-state index in [1.807, 2.05) is 66.9 Å². The molecule has 0 aliphatic carbocycles. The van der Waals surface area contributed by atoms with E-state index in [2.05, 4.69) is 10.4 Å². The van der Waals surface area contributed by atoms with Crippen molar-refractivity contribution in [2.24, 2.45) is 0 Å². The lowest BCUT2D eigenvalue weighted by Crippen LogP contribution is -2.12. The maximum atomic E-state index is 12.4. The molecule has 4 rings (SSSR count). The van der Waals surface area contributed by atoms with Crippen molar-refractivity contribution in [1.29, 1.82) is 0 Å². The summed E-state index contributed by atoms with van der Waals surface area (Å²) in [5, 5.41) is 7.20. The highest BCUT2D eigenvalue weighted by Crippen LogP contribution is 2.16. The Labute approximate surface area is 163 Å². The van der Waals surface area contributed by atoms with Gasteiger partial charge in [0.2, 0.25) is 0 Å². The topological polar surface area (TPSA) is 56.2 Å². The van der Waals surface area contributed by atoms with Crippen LogP contribution in [0.4, 0.5) is 5.82 Å². The van der Waals surface area contributed by atoms with Crippen molar-refractivity contribution in [1.82, 2.24) is 9.78 Å². The van der Waals surface area contributed by atoms with Gasteiger partial charge in [-0.1, -0.05) is 48.5 Å². The molecule has 0 fully saturated rings. The molecule has 28 heavy (non-hydrogen) atoms. The van der Waals surface area contributed by atoms with E-state index in [1.165, 1.54) is 0 Å². The van der Waals surface area contributed by atoms with Crippen LogP contribution in [0.3, 0.4) is 0 Å². The summed E-state index contributed by atoms with van der Waals surface area (Å²) in [6, 6.07) is 28.5. The van der Waals surface area contributed by atoms with Crippen molar-refractivity contribution in [3.05, 3.63) is 108 Å². The van der Waals surface area contributed by atoms with Gasteiger partial charge >= 0.3 is 0 Å². The fourth-order valence-corrected chi connectivity index (χ4v) is 2.75. The standard InChI is InChI=1S/C23H19N3O2/c27-23(24-22-15-16-26(25-22)20-9-5-2-6-10-20)19-11-13-21(14-12-19)28-17-18-7-3-1-4-8-18/h1-16H,17H2,(H,24,25,27). The predicted octanol–water partition coefficient (Wildman–Crippen LogP) is 4.70. The lowest BCUT2D eigenvalue weighted by atomic mass is 10.2. The molecule has 0 saturated heterocycles. The van der Waals surface area contributed by atoms with Crippen LogP contribution in [0.15, 0.2) is 97.2 Å². The molecule has 1 amide bonds. The number of hydrogen-bond acceptors (Lipinski definition) is 3. The molecule has 1 aromatic heterocycles. The Morgan fingerprint density at radius 2 is 1.54 bits per heavy atom. The fourth-order valence-electron chi connectivity index (χ4n) is 2.75. The van der Waals surface area contributed by atoms with Gasteiger partial charge in [0.15, 0.2) is 5.82 Å². The molecule has 0 aliphatic heterocycles. The summed E-state index contributed by atoms with van der Waals surface area (Å²) in [5.41, 5.74) is 2.57. The van der Waals surface area contributed by atoms with Crippen molar-refractivity contribution in [2.75, 3.05) is 5.32 Å². The van der Waals surface area contributed by atoms with Crippen LogP contribution < -0.4 is 10.1 Å². The highest BCUT2D eigenvalue weighted by Gasteiger charge is 2.09. The number of nitrogens with zero attached hydrogens (tertiary/aromatic N) is 2. The summed E-state index contributed by atoms with van der Waals surface area (Å²) in [6.45, 7) is 0.489. The second kappa shape index (κ2) is 8.22. The summed E-state index contributed by atoms with van der Waals surface area (Å²) in [5.74, 6) is 1.000. The van der Waals surface area contributed by atoms with Gasteiger partial charge in [-0.2, -0.15) is 5.10 Å². The molecule has 0 aliphatic rings. The number of carbonyl (C=O) groups is 1. The number of nitrogens with one attached hydrogen (secondary N) is 1. The zero-order valence-corrected chi connectivity index (χ0v) is 15.2. The predicted molar refractivity (Wildman–Crippen MR) is 109 cm³/mol. The molecule has 0 atom stereocenters. The van der Waals surface area contributed by atoms with Crippen LogP contribution in [0.5, 0.6) is 5.75 Å². The van der Waals surface area contributed by atoms with Crippen molar-refractivity contribution in [2.45, 2.75) is 6.61 Å². The van der Waals surface area contributed by atoms with E-state index in [0.29, 0.717) is 23.7 Å². The van der Waals surface area contributed by atoms with Gasteiger partial charge in [-0.3, -0.25) is 4.79 Å². The number of anilines is 1. The Balaban J connectivity index is 1.37. The van der Waals surface area contributed by atoms with Gasteiger partial charge in [0.05, 0.1) is 5.69 Å². The van der Waals surface area contributed by atoms with E-state index in [0.717, 1.165) is 11.3 Å². The quantitative estimate of drug-likeness (QED) is 0.536. The summed E-state index contributed by atoms with van der Waals surface area (Å²) in [4.78, 5) is 12.4. The van der Waals surface area contributed by atoms with Crippen LogP contribution in [0, 0.1) is 0 Å². The molecule has 138 valence electrons. The first-order valence-corrected chi connectivity index (χ1v) is 8.97. The number of ether oxygens (including phenoxy) is 1. The van der Waals surface area contributed by atoms with Gasteiger partial charge in [0, 0.05) is 17.8 Å². The first-order chi connectivity index (χ1) is 13.8. The van der Waals surface area contributed by atoms with Crippen molar-refractivity contribution >= 4 is 11.7 Å². The van der Waals surface area contributed by atoms with Gasteiger partial charge in [-0.15, -0.1) is 0 Å². The molecule has 0 radical (unpaired) electrons. The number of rotatable bonds is 6. The molecule has 0 unspecified atom stereocenters. The molecule has 0 spiro atoms. The summed E-state index contributed by atoms with van der Waals surface area (Å²) in [7, 11) is 0. The number of aromatic nitrogens is 2. The molecular formula is C23H19N3O2. The number of amides is 1. The molecule has 1 N–H and O–H groups in total. The van der Waals surface area contributed by atoms with Crippen LogP contribution in [0.1, 0.15) is 15.9 Å². The minimum Gasteiger partial charge on any atom is -0.489 e. The summed E-state index contributed by atoms with van der Waals surface area (Å²) in [6.07, 6.45) is 1.81. The SMILES string of the molecule is O=C(Nc1ccn(-c2ccccc2)n1)c1ccc(OCc2ccccc2)cc1. The third kappa shape index (κ3) is 4.27. The van der Waals surface area contributed by atoms with E-state index in [9.17, 15) is 4.79 Å². The molecule has 5 nitrogen and oxygen atoms in total. The van der Waals surface area contributed by atoms with Crippen LogP contribution in [-0.4, -0.2) is 15.7 Å². The average molecular weight is 369 g/mol. The maximum Gasteiger partial charge on any atom is 0.256 e. The van der Waals surface area contributed by atoms with Crippen LogP contribution >= 0.6 is 0 Å². The Morgan fingerprint density at radius 3 is 2.25 bits per heavy atom. The average Bonchev–Trinajstić information content (AvgIpc) is 3.22. The Morgan fingerprint density at radius 1 is 0.857 bits per heavy atom. The molecule has 5 heteroatoms. The zero-order valence-electron chi connectivity index (χ0n) is 15.2. The molecule has 0 saturated carbocycles. The first kappa shape index (κ1) is 17.5. The summed E-state index contributed by atoms with van der Waals surface area (Å²) >= 11 is 0. The van der Waals surface area contributed by atoms with Gasteiger partial charge < -0.3 is 10.1 Å². The molecule has 1 heterocycles. The highest BCUT2D eigenvalue weighted by atomic mass is 16.5. The van der Waals surface area contributed by atoms with Crippen molar-refractivity contribution < 1.29 is 9.53 Å². The minimum atomic E-state index is -0.215. The molecule has 4 aromatic rings. The number of carbonyl (C=O) groups excluding carboxylic acids is 1. The highest BCUT2D eigenvalue weighted by molar-refractivity contribution is 6.03. The smallest absolute Gasteiger partial charge is 0.256 e. The normalized spacial score (nSPS) is 10.4. The van der Waals surface area contributed by atoms with Gasteiger partial charge in [0.25, 0.3) is 5.91 Å². The van der Waals surface area contributed by atoms with E-state index in [1.54, 1.807) is 35.0 Å². The lowest BCUT2D eigenvalue weighted by molar-refractivity contribution is 0.102. The fraction of sp³-hybridized carbons (Fsp3) is 0.0435. The second-order valence-corrected chi connectivity index (χ2v) is 6.23. The Bertz CT molecular complexity index is 1040. The lowest BCUT2D eigenvalue weighted by Gasteiger charge is -2.07. The van der Waals surface area contributed by atoms with Gasteiger partial charge in [0.1, 0.15) is 12.4 Å².